The van der Waals surface area contributed by atoms with E-state index >= 15 is 0 Å². The summed E-state index contributed by atoms with van der Waals surface area (Å²) in [4.78, 5) is 20.3. The molecule has 122 valence electrons. The Morgan fingerprint density at radius 3 is 2.72 bits per heavy atom. The number of anilines is 3. The van der Waals surface area contributed by atoms with Crippen molar-refractivity contribution in [3.05, 3.63) is 78.0 Å². The van der Waals surface area contributed by atoms with Gasteiger partial charge in [0.1, 0.15) is 29.7 Å². The molecule has 0 atom stereocenters. The maximum Gasteiger partial charge on any atom is 0.274 e. The third-order valence-electron chi connectivity index (χ3n) is 3.29. The Kier molecular flexibility index (Phi) is 4.62. The average molecular weight is 333 g/mol. The van der Waals surface area contributed by atoms with Crippen molar-refractivity contribution in [2.45, 2.75) is 0 Å². The van der Waals surface area contributed by atoms with Crippen LogP contribution in [0.1, 0.15) is 16.1 Å². The van der Waals surface area contributed by atoms with Crippen molar-refractivity contribution in [3.8, 4) is 6.07 Å². The zero-order valence-corrected chi connectivity index (χ0v) is 12.9. The Bertz CT molecular complexity index is 967. The Morgan fingerprint density at radius 1 is 1.08 bits per heavy atom. The Balaban J connectivity index is 1.79. The quantitative estimate of drug-likeness (QED) is 0.763. The summed E-state index contributed by atoms with van der Waals surface area (Å²) in [6.45, 7) is 0. The predicted molar refractivity (Wildman–Crippen MR) is 90.8 cm³/mol. The molecular weight excluding hydrogens is 321 g/mol. The highest BCUT2D eigenvalue weighted by Crippen LogP contribution is 2.17. The smallest absolute Gasteiger partial charge is 0.274 e. The van der Waals surface area contributed by atoms with Crippen LogP contribution in [0.15, 0.2) is 60.9 Å². The Morgan fingerprint density at radius 2 is 1.92 bits per heavy atom. The van der Waals surface area contributed by atoms with Gasteiger partial charge in [-0.15, -0.1) is 0 Å². The Hall–Kier alpha value is -3.79. The van der Waals surface area contributed by atoms with E-state index in [0.717, 1.165) is 0 Å². The molecule has 3 aromatic rings. The van der Waals surface area contributed by atoms with Gasteiger partial charge >= 0.3 is 0 Å². The molecule has 0 bridgehead atoms. The summed E-state index contributed by atoms with van der Waals surface area (Å²) < 4.78 is 13.2. The first-order chi connectivity index (χ1) is 12.2. The van der Waals surface area contributed by atoms with E-state index < -0.39 is 5.91 Å². The molecule has 0 saturated carbocycles. The number of rotatable bonds is 4. The number of halogens is 1. The van der Waals surface area contributed by atoms with E-state index in [-0.39, 0.29) is 11.5 Å². The lowest BCUT2D eigenvalue weighted by atomic mass is 10.2. The zero-order chi connectivity index (χ0) is 17.6. The van der Waals surface area contributed by atoms with Crippen LogP contribution in [0.2, 0.25) is 0 Å². The van der Waals surface area contributed by atoms with Gasteiger partial charge in [0.25, 0.3) is 5.91 Å². The second kappa shape index (κ2) is 7.19. The van der Waals surface area contributed by atoms with Crippen LogP contribution in [0.5, 0.6) is 0 Å². The highest BCUT2D eigenvalue weighted by atomic mass is 19.1. The summed E-state index contributed by atoms with van der Waals surface area (Å²) in [6.07, 6.45) is 1.23. The molecule has 7 heteroatoms. The fourth-order valence-corrected chi connectivity index (χ4v) is 2.14. The fraction of sp³-hybridized carbons (Fsp3) is 0. The van der Waals surface area contributed by atoms with E-state index in [1.54, 1.807) is 36.4 Å². The van der Waals surface area contributed by atoms with Gasteiger partial charge in [-0.2, -0.15) is 5.26 Å². The first kappa shape index (κ1) is 16.1. The van der Waals surface area contributed by atoms with Gasteiger partial charge in [-0.1, -0.05) is 18.2 Å². The molecule has 0 fully saturated rings. The van der Waals surface area contributed by atoms with Crippen molar-refractivity contribution in [2.24, 2.45) is 0 Å². The van der Waals surface area contributed by atoms with E-state index in [4.69, 9.17) is 5.26 Å². The molecule has 1 heterocycles. The molecule has 0 saturated heterocycles. The molecule has 0 aliphatic rings. The highest BCUT2D eigenvalue weighted by Gasteiger charge is 2.11. The fourth-order valence-electron chi connectivity index (χ4n) is 2.14. The maximum atomic E-state index is 13.2. The van der Waals surface area contributed by atoms with Crippen molar-refractivity contribution in [1.82, 2.24) is 9.97 Å². The number of nitrogens with one attached hydrogen (secondary N) is 2. The van der Waals surface area contributed by atoms with Crippen molar-refractivity contribution in [2.75, 3.05) is 10.6 Å². The SMILES string of the molecule is N#Cc1ccccc1NC(=O)c1cc(Nc2cccc(F)c2)ncn1. The number of aromatic nitrogens is 2. The van der Waals surface area contributed by atoms with E-state index in [9.17, 15) is 9.18 Å². The number of carbonyl (C=O) groups excluding carboxylic acids is 1. The predicted octanol–water partition coefficient (Wildman–Crippen LogP) is 3.48. The highest BCUT2D eigenvalue weighted by molar-refractivity contribution is 6.03. The second-order valence-corrected chi connectivity index (χ2v) is 5.04. The summed E-state index contributed by atoms with van der Waals surface area (Å²) in [5.74, 6) is -0.517. The number of hydrogen-bond donors (Lipinski definition) is 2. The molecule has 1 aromatic heterocycles. The summed E-state index contributed by atoms with van der Waals surface area (Å²) in [6, 6.07) is 16.0. The van der Waals surface area contributed by atoms with Crippen LogP contribution in [0.4, 0.5) is 21.6 Å². The van der Waals surface area contributed by atoms with Gasteiger partial charge in [-0.25, -0.2) is 14.4 Å². The summed E-state index contributed by atoms with van der Waals surface area (Å²) in [5.41, 5.74) is 1.36. The van der Waals surface area contributed by atoms with Gasteiger partial charge in [-0.3, -0.25) is 4.79 Å². The molecule has 0 unspecified atom stereocenters. The van der Waals surface area contributed by atoms with Crippen LogP contribution in [0.25, 0.3) is 0 Å². The summed E-state index contributed by atoms with van der Waals surface area (Å²) in [5, 5.41) is 14.6. The number of benzene rings is 2. The monoisotopic (exact) mass is 333 g/mol. The average Bonchev–Trinajstić information content (AvgIpc) is 2.62. The molecule has 6 nitrogen and oxygen atoms in total. The molecule has 0 aliphatic carbocycles. The lowest BCUT2D eigenvalue weighted by Gasteiger charge is -2.08. The molecule has 1 amide bonds. The van der Waals surface area contributed by atoms with E-state index in [2.05, 4.69) is 20.6 Å². The van der Waals surface area contributed by atoms with Crippen molar-refractivity contribution in [1.29, 1.82) is 5.26 Å². The molecule has 0 aliphatic heterocycles. The molecule has 25 heavy (non-hydrogen) atoms. The van der Waals surface area contributed by atoms with Crippen LogP contribution in [-0.4, -0.2) is 15.9 Å². The van der Waals surface area contributed by atoms with E-state index in [0.29, 0.717) is 22.8 Å². The molecule has 2 N–H and O–H groups in total. The molecule has 3 rings (SSSR count). The first-order valence-corrected chi connectivity index (χ1v) is 7.31. The van der Waals surface area contributed by atoms with Gasteiger partial charge in [0.15, 0.2) is 0 Å². The number of hydrogen-bond acceptors (Lipinski definition) is 5. The second-order valence-electron chi connectivity index (χ2n) is 5.04. The Labute approximate surface area is 143 Å². The lowest BCUT2D eigenvalue weighted by Crippen LogP contribution is -2.15. The van der Waals surface area contributed by atoms with Gasteiger partial charge < -0.3 is 10.6 Å². The minimum absolute atomic E-state index is 0.113. The van der Waals surface area contributed by atoms with Crippen molar-refractivity contribution in [3.63, 3.8) is 0 Å². The first-order valence-electron chi connectivity index (χ1n) is 7.31. The van der Waals surface area contributed by atoms with Crippen LogP contribution in [0, 0.1) is 17.1 Å². The van der Waals surface area contributed by atoms with Gasteiger partial charge in [0, 0.05) is 11.8 Å². The molecule has 0 radical (unpaired) electrons. The molecular formula is C18H12FN5O. The van der Waals surface area contributed by atoms with Crippen LogP contribution >= 0.6 is 0 Å². The number of amides is 1. The van der Waals surface area contributed by atoms with Crippen molar-refractivity contribution < 1.29 is 9.18 Å². The van der Waals surface area contributed by atoms with Gasteiger partial charge in [-0.05, 0) is 30.3 Å². The lowest BCUT2D eigenvalue weighted by molar-refractivity contribution is 0.102. The molecule has 0 spiro atoms. The topological polar surface area (TPSA) is 90.7 Å². The summed E-state index contributed by atoms with van der Waals surface area (Å²) in [7, 11) is 0. The van der Waals surface area contributed by atoms with Gasteiger partial charge in [0.2, 0.25) is 0 Å². The number of carbonyl (C=O) groups is 1. The van der Waals surface area contributed by atoms with Gasteiger partial charge in [0.05, 0.1) is 11.3 Å². The van der Waals surface area contributed by atoms with E-state index in [1.165, 1.54) is 24.5 Å². The van der Waals surface area contributed by atoms with Crippen LogP contribution in [-0.2, 0) is 0 Å². The van der Waals surface area contributed by atoms with Crippen molar-refractivity contribution >= 4 is 23.1 Å². The summed E-state index contributed by atoms with van der Waals surface area (Å²) >= 11 is 0. The maximum absolute atomic E-state index is 13.2. The number of nitrogens with zero attached hydrogens (tertiary/aromatic N) is 3. The normalized spacial score (nSPS) is 9.92. The largest absolute Gasteiger partial charge is 0.340 e. The minimum atomic E-state index is -0.479. The number of para-hydroxylation sites is 1. The van der Waals surface area contributed by atoms with Crippen LogP contribution in [0.3, 0.4) is 0 Å². The standard InChI is InChI=1S/C18H12FN5O/c19-13-5-3-6-14(8-13)23-17-9-16(21-11-22-17)18(25)24-15-7-2-1-4-12(15)10-20/h1-9,11H,(H,24,25)(H,21,22,23). The number of nitriles is 1. The third-order valence-corrected chi connectivity index (χ3v) is 3.29. The third kappa shape index (κ3) is 3.95. The minimum Gasteiger partial charge on any atom is -0.340 e. The van der Waals surface area contributed by atoms with Crippen LogP contribution < -0.4 is 10.6 Å². The zero-order valence-electron chi connectivity index (χ0n) is 12.9. The molecule has 2 aromatic carbocycles. The van der Waals surface area contributed by atoms with E-state index in [1.807, 2.05) is 6.07 Å².